The van der Waals surface area contributed by atoms with Crippen molar-refractivity contribution >= 4 is 78.6 Å². The molecule has 14 heteroatoms. The minimum atomic E-state index is -1.11. The van der Waals surface area contributed by atoms with Crippen LogP contribution >= 0.6 is 0 Å². The number of aromatic nitrogens is 2. The zero-order chi connectivity index (χ0) is 51.4. The molecule has 4 aromatic carbocycles. The van der Waals surface area contributed by atoms with Gasteiger partial charge in [-0.1, -0.05) is 228 Å². The van der Waals surface area contributed by atoms with Gasteiger partial charge >= 0.3 is 65.8 Å². The van der Waals surface area contributed by atoms with Crippen molar-refractivity contribution in [3.05, 3.63) is 140 Å². The summed E-state index contributed by atoms with van der Waals surface area (Å²) in [6.07, 6.45) is 3.64. The fourth-order valence-corrected chi connectivity index (χ4v) is 24.2. The molecule has 0 saturated carbocycles. The summed E-state index contributed by atoms with van der Waals surface area (Å²) >= 11 is 0. The number of hydrogen-bond acceptors (Lipinski definition) is 4. The molecule has 6 rings (SSSR count). The Morgan fingerprint density at radius 3 is 0.900 bits per heavy atom. The van der Waals surface area contributed by atoms with Crippen LogP contribution in [0.4, 0.5) is 11.4 Å². The minimum absolute atomic E-state index is 0. The normalized spacial score (nSPS) is 12.1. The molecule has 70 heavy (non-hydrogen) atoms. The number of benzene rings is 4. The maximum absolute atomic E-state index is 12.0. The Hall–Kier alpha value is -2.46. The summed E-state index contributed by atoms with van der Waals surface area (Å²) in [6, 6.07) is 31.2. The number of hydrogen-bond donors (Lipinski definition) is 0. The predicted molar refractivity (Wildman–Crippen MR) is 304 cm³/mol. The van der Waals surface area contributed by atoms with E-state index in [1.165, 1.54) is 22.3 Å². The van der Waals surface area contributed by atoms with Gasteiger partial charge in [-0.25, -0.2) is 20.0 Å². The standard InChI is InChI=1S/2C22H24N2O.2C6H18NSi2.Li.Yb/c2*1-14(2)18-8-6-9-19(15(3)4)22(18)23-13-17-12-11-16-7-5-10-20(25)21(16)24-17;2*1-8(2,3)7-9(4,5)6;;/h2*5-15,25H,1-4H3;2*1-6H3;;/q;;2*-1;+1;+3. The maximum Gasteiger partial charge on any atom is 3.00 e. The Bertz CT molecular complexity index is 2370. The topological polar surface area (TPSA) is 127 Å². The molecule has 0 aliphatic heterocycles. The van der Waals surface area contributed by atoms with Crippen molar-refractivity contribution in [2.45, 2.75) is 158 Å². The first kappa shape index (κ1) is 65.6. The molecule has 0 aliphatic carbocycles. The molecule has 0 bridgehead atoms. The molecule has 379 valence electrons. The molecule has 0 atom stereocenters. The Morgan fingerprint density at radius 1 is 0.414 bits per heavy atom. The number of nitrogens with one attached hydrogen (secondary N) is 2. The van der Waals surface area contributed by atoms with Gasteiger partial charge in [-0.3, -0.25) is 0 Å². The molecule has 0 saturated heterocycles. The molecule has 0 aliphatic rings. The SMILES string of the molecule is CC(C)c1cccc(C(C)C)c1N=Cc1ccc2cccc([O-])c2[nH+]1.CC(C)c1cccc(C(C)C)c1N=Cc1ccc2cccc([O-])c2[nH+]1.C[Si](C)(C)[N-][Si](C)(C)C.C[Si](C)(C)[N-][Si](C)(C)C.[Li+].[Yb+3]. The van der Waals surface area contributed by atoms with Gasteiger partial charge in [0.15, 0.2) is 0 Å². The summed E-state index contributed by atoms with van der Waals surface area (Å²) < 4.78 is 9.64. The van der Waals surface area contributed by atoms with Crippen molar-refractivity contribution in [1.82, 2.24) is 0 Å². The number of aliphatic imine (C=N–C) groups is 2. The van der Waals surface area contributed by atoms with Crippen LogP contribution in [0.3, 0.4) is 0 Å². The largest absolute Gasteiger partial charge is 3.00 e. The summed E-state index contributed by atoms with van der Waals surface area (Å²) in [5, 5.41) is 25.9. The molecule has 8 nitrogen and oxygen atoms in total. The van der Waals surface area contributed by atoms with Crippen LogP contribution in [0, 0.1) is 46.9 Å². The third kappa shape index (κ3) is 22.8. The van der Waals surface area contributed by atoms with Gasteiger partial charge in [-0.05, 0) is 81.7 Å². The molecule has 1 radical (unpaired) electrons. The fourth-order valence-electron chi connectivity index (χ4n) is 8.13. The number of nitrogens with zero attached hydrogens (tertiary/aromatic N) is 4. The molecule has 0 amide bonds. The zero-order valence-electron chi connectivity index (χ0n) is 46.6. The third-order valence-corrected chi connectivity index (χ3v) is 21.0. The van der Waals surface area contributed by atoms with E-state index in [0.29, 0.717) is 34.7 Å². The van der Waals surface area contributed by atoms with Crippen LogP contribution in [0.2, 0.25) is 78.6 Å². The second-order valence-electron chi connectivity index (χ2n) is 22.9. The van der Waals surface area contributed by atoms with Crippen LogP contribution in [-0.2, 0) is 0 Å². The van der Waals surface area contributed by atoms with Crippen LogP contribution in [-0.4, -0.2) is 45.4 Å². The van der Waals surface area contributed by atoms with E-state index in [1.54, 1.807) is 24.3 Å². The molecule has 2 heterocycles. The van der Waals surface area contributed by atoms with Gasteiger partial charge in [-0.2, -0.15) is 0 Å². The van der Waals surface area contributed by atoms with E-state index < -0.39 is 32.9 Å². The van der Waals surface area contributed by atoms with Gasteiger partial charge in [0, 0.05) is 22.9 Å². The Balaban J connectivity index is 0.000000512. The molecule has 2 aromatic heterocycles. The van der Waals surface area contributed by atoms with E-state index in [2.05, 4.69) is 180 Å². The van der Waals surface area contributed by atoms with Crippen molar-refractivity contribution < 1.29 is 86.0 Å². The summed E-state index contributed by atoms with van der Waals surface area (Å²) in [7, 11) is -4.42. The predicted octanol–water partition coefficient (Wildman–Crippen LogP) is 12.5. The quantitative estimate of drug-likeness (QED) is 0.0893. The molecule has 0 unspecified atom stereocenters. The Kier molecular flexibility index (Phi) is 27.0. The van der Waals surface area contributed by atoms with Crippen molar-refractivity contribution in [3.8, 4) is 11.5 Å². The first-order valence-corrected chi connectivity index (χ1v) is 38.2. The average molecular weight is 1170 g/mol. The van der Waals surface area contributed by atoms with E-state index in [9.17, 15) is 10.2 Å². The molecule has 2 N–H and O–H groups in total. The Morgan fingerprint density at radius 2 is 0.671 bits per heavy atom. The average Bonchev–Trinajstić information content (AvgIpc) is 3.20. The molecular weight excluding hydrogens is 1080 g/mol. The summed E-state index contributed by atoms with van der Waals surface area (Å²) in [4.78, 5) is 16.0. The number of H-pyrrole nitrogens is 2. The molecule has 0 fully saturated rings. The van der Waals surface area contributed by atoms with Crippen LogP contribution in [0.5, 0.6) is 11.5 Å². The third-order valence-electron chi connectivity index (χ3n) is 10.2. The van der Waals surface area contributed by atoms with Crippen LogP contribution in [0.1, 0.15) is 113 Å². The van der Waals surface area contributed by atoms with Crippen molar-refractivity contribution in [1.29, 1.82) is 0 Å². The second kappa shape index (κ2) is 28.9. The number of aromatic amines is 2. The van der Waals surface area contributed by atoms with E-state index in [4.69, 9.17) is 19.3 Å². The summed E-state index contributed by atoms with van der Waals surface area (Å²) in [6.45, 7) is 45.0. The zero-order valence-corrected chi connectivity index (χ0v) is 52.3. The summed E-state index contributed by atoms with van der Waals surface area (Å²) in [5.74, 6) is 1.61. The summed E-state index contributed by atoms with van der Waals surface area (Å²) in [5.41, 5.74) is 9.93. The van der Waals surface area contributed by atoms with Crippen molar-refractivity contribution in [2.24, 2.45) is 9.98 Å². The fraction of sp³-hybridized carbons (Fsp3) is 0.429. The van der Waals surface area contributed by atoms with Gasteiger partial charge in [0.1, 0.15) is 0 Å². The van der Waals surface area contributed by atoms with E-state index in [-0.39, 0.29) is 77.3 Å². The second-order valence-corrected chi connectivity index (χ2v) is 42.0. The van der Waals surface area contributed by atoms with E-state index >= 15 is 0 Å². The number of para-hydroxylation sites is 4. The van der Waals surface area contributed by atoms with Crippen LogP contribution < -0.4 is 39.0 Å². The number of rotatable bonds is 12. The van der Waals surface area contributed by atoms with Crippen LogP contribution in [0.25, 0.3) is 31.1 Å². The van der Waals surface area contributed by atoms with Crippen molar-refractivity contribution in [2.75, 3.05) is 0 Å². The number of fused-ring (bicyclic) bond motifs is 2. The number of pyridine rings is 2. The Labute approximate surface area is 478 Å². The van der Waals surface area contributed by atoms with Gasteiger partial charge in [0.2, 0.25) is 22.4 Å². The van der Waals surface area contributed by atoms with E-state index in [0.717, 1.165) is 33.5 Å². The first-order chi connectivity index (χ1) is 31.4. The monoisotopic (exact) mass is 1170 g/mol. The van der Waals surface area contributed by atoms with Crippen LogP contribution in [0.15, 0.2) is 107 Å². The first-order valence-electron chi connectivity index (χ1n) is 24.4. The molecule has 6 aromatic rings. The smallest absolute Gasteiger partial charge is 0.868 e. The minimum Gasteiger partial charge on any atom is -0.868 e. The van der Waals surface area contributed by atoms with Gasteiger partial charge in [-0.15, -0.1) is 0 Å². The van der Waals surface area contributed by atoms with Gasteiger partial charge < -0.3 is 19.5 Å². The van der Waals surface area contributed by atoms with Crippen molar-refractivity contribution in [3.63, 3.8) is 0 Å². The maximum atomic E-state index is 12.0. The molecular formula is C56H84LiN6O2Si4Yb+2. The van der Waals surface area contributed by atoms with Gasteiger partial charge in [0.05, 0.1) is 23.8 Å². The molecule has 0 spiro atoms. The van der Waals surface area contributed by atoms with Gasteiger partial charge in [0.25, 0.3) is 0 Å². The van der Waals surface area contributed by atoms with E-state index in [1.807, 2.05) is 48.8 Å².